The zero-order valence-electron chi connectivity index (χ0n) is 6.37. The summed E-state index contributed by atoms with van der Waals surface area (Å²) in [6.07, 6.45) is -0.301. The van der Waals surface area contributed by atoms with E-state index in [-0.39, 0.29) is 12.2 Å². The highest BCUT2D eigenvalue weighted by Crippen LogP contribution is 2.19. The molecule has 0 unspecified atom stereocenters. The Labute approximate surface area is 59.9 Å². The zero-order valence-corrected chi connectivity index (χ0v) is 6.37. The van der Waals surface area contributed by atoms with Gasteiger partial charge in [-0.3, -0.25) is 4.74 Å². The van der Waals surface area contributed by atoms with Gasteiger partial charge in [0.25, 0.3) is 0 Å². The Bertz CT molecular complexity index is 104. The molecule has 1 aliphatic rings. The molecule has 1 fully saturated rings. The van der Waals surface area contributed by atoms with Crippen molar-refractivity contribution in [3.63, 3.8) is 0 Å². The van der Waals surface area contributed by atoms with Gasteiger partial charge in [0.1, 0.15) is 0 Å². The summed E-state index contributed by atoms with van der Waals surface area (Å²) in [6.45, 7) is 3.30. The van der Waals surface area contributed by atoms with Crippen molar-refractivity contribution < 1.29 is 19.2 Å². The molecule has 2 atom stereocenters. The van der Waals surface area contributed by atoms with E-state index in [1.807, 2.05) is 13.8 Å². The Kier molecular flexibility index (Phi) is 2.62. The summed E-state index contributed by atoms with van der Waals surface area (Å²) in [6, 6.07) is 0. The molecule has 1 rings (SSSR count). The van der Waals surface area contributed by atoms with Gasteiger partial charge in [-0.1, -0.05) is 13.8 Å². The van der Waals surface area contributed by atoms with E-state index in [9.17, 15) is 0 Å². The van der Waals surface area contributed by atoms with Gasteiger partial charge in [-0.25, -0.2) is 0 Å². The van der Waals surface area contributed by atoms with Crippen LogP contribution in [-0.2, 0) is 19.2 Å². The Balaban J connectivity index is 2.28. The lowest BCUT2D eigenvalue weighted by molar-refractivity contribution is -0.347. The summed E-state index contributed by atoms with van der Waals surface area (Å²) in [4.78, 5) is 9.40. The third-order valence-electron chi connectivity index (χ3n) is 1.21. The van der Waals surface area contributed by atoms with Crippen LogP contribution >= 0.6 is 0 Å². The maximum absolute atomic E-state index is 5.11. The van der Waals surface area contributed by atoms with Crippen molar-refractivity contribution in [2.24, 2.45) is 5.92 Å². The van der Waals surface area contributed by atoms with Crippen LogP contribution in [0.15, 0.2) is 0 Å². The molecule has 1 saturated heterocycles. The molecule has 0 spiro atoms. The van der Waals surface area contributed by atoms with Crippen molar-refractivity contribution >= 4 is 0 Å². The molecule has 0 aromatic carbocycles. The van der Waals surface area contributed by atoms with Crippen LogP contribution in [0, 0.1) is 5.92 Å². The minimum Gasteiger partial charge on any atom is -0.331 e. The summed E-state index contributed by atoms with van der Waals surface area (Å²) in [5, 5.41) is 0. The topological polar surface area (TPSA) is 36.9 Å². The molecule has 4 heteroatoms. The Morgan fingerprint density at radius 3 is 2.30 bits per heavy atom. The van der Waals surface area contributed by atoms with E-state index >= 15 is 0 Å². The van der Waals surface area contributed by atoms with E-state index in [1.165, 1.54) is 7.11 Å². The molecule has 0 bridgehead atoms. The predicted molar refractivity (Wildman–Crippen MR) is 32.7 cm³/mol. The van der Waals surface area contributed by atoms with Crippen molar-refractivity contribution in [3.8, 4) is 0 Å². The summed E-state index contributed by atoms with van der Waals surface area (Å²) in [5.74, 6) is 0.278. The molecule has 10 heavy (non-hydrogen) atoms. The standard InChI is InChI=1S/C6H12O4/c1-4(2)5-8-6(7-3)10-9-5/h4-6H,1-3H3/t5-,6+/m1/s1. The highest BCUT2D eigenvalue weighted by Gasteiger charge is 2.29. The fourth-order valence-electron chi connectivity index (χ4n) is 0.618. The van der Waals surface area contributed by atoms with Crippen LogP contribution in [0.3, 0.4) is 0 Å². The molecular weight excluding hydrogens is 136 g/mol. The van der Waals surface area contributed by atoms with Crippen LogP contribution in [0.25, 0.3) is 0 Å². The largest absolute Gasteiger partial charge is 0.331 e. The van der Waals surface area contributed by atoms with E-state index in [2.05, 4.69) is 4.89 Å². The number of rotatable bonds is 2. The molecule has 0 N–H and O–H groups in total. The first-order valence-corrected chi connectivity index (χ1v) is 3.24. The molecule has 1 heterocycles. The van der Waals surface area contributed by atoms with E-state index in [1.54, 1.807) is 0 Å². The SMILES string of the molecule is CO[C@@H]1OO[C@H](C(C)C)O1. The Morgan fingerprint density at radius 2 is 2.00 bits per heavy atom. The maximum Gasteiger partial charge on any atom is 0.303 e. The zero-order chi connectivity index (χ0) is 7.56. The normalized spacial score (nSPS) is 33.6. The van der Waals surface area contributed by atoms with Crippen LogP contribution in [0.5, 0.6) is 0 Å². The van der Waals surface area contributed by atoms with Crippen molar-refractivity contribution in [1.29, 1.82) is 0 Å². The first-order chi connectivity index (χ1) is 4.74. The van der Waals surface area contributed by atoms with Crippen LogP contribution < -0.4 is 0 Å². The fraction of sp³-hybridized carbons (Fsp3) is 1.00. The predicted octanol–water partition coefficient (Wildman–Crippen LogP) is 0.877. The van der Waals surface area contributed by atoms with Crippen molar-refractivity contribution in [2.45, 2.75) is 26.6 Å². The van der Waals surface area contributed by atoms with Gasteiger partial charge in [-0.2, -0.15) is 9.78 Å². The molecule has 0 aromatic rings. The Hall–Kier alpha value is -0.160. The summed E-state index contributed by atoms with van der Waals surface area (Å²) in [5.41, 5.74) is 0. The number of ether oxygens (including phenoxy) is 2. The van der Waals surface area contributed by atoms with Crippen LogP contribution in [0.1, 0.15) is 13.8 Å². The van der Waals surface area contributed by atoms with Crippen molar-refractivity contribution in [3.05, 3.63) is 0 Å². The van der Waals surface area contributed by atoms with Crippen LogP contribution in [-0.4, -0.2) is 19.9 Å². The van der Waals surface area contributed by atoms with Crippen molar-refractivity contribution in [2.75, 3.05) is 7.11 Å². The minimum absolute atomic E-state index is 0.278. The lowest BCUT2D eigenvalue weighted by atomic mass is 10.2. The molecule has 0 saturated carbocycles. The van der Waals surface area contributed by atoms with E-state index < -0.39 is 6.48 Å². The average molecular weight is 148 g/mol. The van der Waals surface area contributed by atoms with E-state index in [4.69, 9.17) is 14.4 Å². The quantitative estimate of drug-likeness (QED) is 0.544. The third-order valence-corrected chi connectivity index (χ3v) is 1.21. The van der Waals surface area contributed by atoms with Gasteiger partial charge in [0.2, 0.25) is 0 Å². The second-order valence-electron chi connectivity index (χ2n) is 2.47. The molecule has 1 aliphatic heterocycles. The highest BCUT2D eigenvalue weighted by molar-refractivity contribution is 4.49. The van der Waals surface area contributed by atoms with Crippen molar-refractivity contribution in [1.82, 2.24) is 0 Å². The van der Waals surface area contributed by atoms with Gasteiger partial charge in [-0.05, 0) is 0 Å². The maximum atomic E-state index is 5.11. The average Bonchev–Trinajstić information content (AvgIpc) is 2.34. The van der Waals surface area contributed by atoms with Gasteiger partial charge >= 0.3 is 6.48 Å². The van der Waals surface area contributed by atoms with Gasteiger partial charge in [0.05, 0.1) is 0 Å². The first-order valence-electron chi connectivity index (χ1n) is 3.24. The van der Waals surface area contributed by atoms with E-state index in [0.717, 1.165) is 0 Å². The summed E-state index contributed by atoms with van der Waals surface area (Å²) >= 11 is 0. The van der Waals surface area contributed by atoms with Gasteiger partial charge in [-0.15, -0.1) is 0 Å². The summed E-state index contributed by atoms with van der Waals surface area (Å²) in [7, 11) is 1.50. The van der Waals surface area contributed by atoms with Gasteiger partial charge in [0, 0.05) is 13.0 Å². The molecule has 0 radical (unpaired) electrons. The Morgan fingerprint density at radius 1 is 1.30 bits per heavy atom. The minimum atomic E-state index is -0.660. The highest BCUT2D eigenvalue weighted by atomic mass is 17.3. The second kappa shape index (κ2) is 3.30. The lowest BCUT2D eigenvalue weighted by Gasteiger charge is -2.09. The second-order valence-corrected chi connectivity index (χ2v) is 2.47. The molecule has 0 aromatic heterocycles. The van der Waals surface area contributed by atoms with Gasteiger partial charge in [0.15, 0.2) is 6.29 Å². The molecule has 4 nitrogen and oxygen atoms in total. The smallest absolute Gasteiger partial charge is 0.303 e. The molecule has 60 valence electrons. The number of hydrogen-bond acceptors (Lipinski definition) is 4. The lowest BCUT2D eigenvalue weighted by Crippen LogP contribution is -2.18. The molecule has 0 amide bonds. The fourth-order valence-corrected chi connectivity index (χ4v) is 0.618. The number of hydrogen-bond donors (Lipinski definition) is 0. The van der Waals surface area contributed by atoms with Crippen LogP contribution in [0.4, 0.5) is 0 Å². The van der Waals surface area contributed by atoms with E-state index in [0.29, 0.717) is 0 Å². The molecule has 0 aliphatic carbocycles. The van der Waals surface area contributed by atoms with Gasteiger partial charge < -0.3 is 4.74 Å². The molecular formula is C6H12O4. The number of methoxy groups -OCH3 is 1. The summed E-state index contributed by atoms with van der Waals surface area (Å²) < 4.78 is 9.83. The van der Waals surface area contributed by atoms with Crippen LogP contribution in [0.2, 0.25) is 0 Å². The third kappa shape index (κ3) is 1.67. The first kappa shape index (κ1) is 7.94. The monoisotopic (exact) mass is 148 g/mol.